The number of anilines is 1. The zero-order chi connectivity index (χ0) is 17.2. The molecule has 2 heterocycles. The summed E-state index contributed by atoms with van der Waals surface area (Å²) in [6.07, 6.45) is 12.1. The Bertz CT molecular complexity index is 645. The van der Waals surface area contributed by atoms with E-state index in [0.29, 0.717) is 15.7 Å². The van der Waals surface area contributed by atoms with Crippen LogP contribution >= 0.6 is 23.1 Å². The number of carbonyl (C=O) groups excluding carboxylic acids is 1. The number of hydrogen-bond donors (Lipinski definition) is 1. The third kappa shape index (κ3) is 5.87. The van der Waals surface area contributed by atoms with Crippen molar-refractivity contribution in [3.05, 3.63) is 28.9 Å². The van der Waals surface area contributed by atoms with Gasteiger partial charge in [-0.05, 0) is 24.8 Å². The molecule has 1 N–H and O–H groups in total. The van der Waals surface area contributed by atoms with Gasteiger partial charge in [-0.1, -0.05) is 50.4 Å². The molecule has 5 nitrogen and oxygen atoms in total. The Morgan fingerprint density at radius 1 is 1.21 bits per heavy atom. The van der Waals surface area contributed by atoms with E-state index in [1.807, 2.05) is 6.26 Å². The lowest BCUT2D eigenvalue weighted by Crippen LogP contribution is -2.13. The largest absolute Gasteiger partial charge is 0.296 e. The average molecular weight is 365 g/mol. The van der Waals surface area contributed by atoms with Gasteiger partial charge in [0.2, 0.25) is 5.13 Å². The highest BCUT2D eigenvalue weighted by Crippen LogP contribution is 2.21. The summed E-state index contributed by atoms with van der Waals surface area (Å²) in [5, 5.41) is 13.3. The smallest absolute Gasteiger partial charge is 0.260 e. The number of carbonyl (C=O) groups is 1. The van der Waals surface area contributed by atoms with Gasteiger partial charge in [0.1, 0.15) is 10.0 Å². The molecule has 2 rings (SSSR count). The van der Waals surface area contributed by atoms with E-state index in [4.69, 9.17) is 0 Å². The minimum Gasteiger partial charge on any atom is -0.296 e. The number of aromatic nitrogens is 3. The SMILES string of the molecule is CCCCCCCCc1nnc(NC(=O)c2cccnc2SC)s1. The number of unbranched alkanes of at least 4 members (excludes halogenated alkanes) is 5. The van der Waals surface area contributed by atoms with Crippen LogP contribution in [0.3, 0.4) is 0 Å². The zero-order valence-electron chi connectivity index (χ0n) is 14.2. The summed E-state index contributed by atoms with van der Waals surface area (Å²) in [7, 11) is 0. The third-order valence-corrected chi connectivity index (χ3v) is 5.25. The summed E-state index contributed by atoms with van der Waals surface area (Å²) < 4.78 is 0. The molecule has 0 fully saturated rings. The molecule has 24 heavy (non-hydrogen) atoms. The van der Waals surface area contributed by atoms with Gasteiger partial charge in [0.05, 0.1) is 5.56 Å². The van der Waals surface area contributed by atoms with Crippen LogP contribution in [0.1, 0.15) is 60.8 Å². The minimum atomic E-state index is -0.185. The van der Waals surface area contributed by atoms with E-state index in [1.54, 1.807) is 18.3 Å². The maximum absolute atomic E-state index is 12.3. The first-order chi connectivity index (χ1) is 11.7. The average Bonchev–Trinajstić information content (AvgIpc) is 3.05. The molecule has 0 aliphatic rings. The van der Waals surface area contributed by atoms with Crippen LogP contribution in [0.5, 0.6) is 0 Å². The van der Waals surface area contributed by atoms with Crippen LogP contribution in [0, 0.1) is 0 Å². The maximum atomic E-state index is 12.3. The second kappa shape index (κ2) is 10.4. The Balaban J connectivity index is 1.81. The first-order valence-corrected chi connectivity index (χ1v) is 10.4. The molecule has 2 aromatic rings. The van der Waals surface area contributed by atoms with Crippen LogP contribution in [0.25, 0.3) is 0 Å². The Morgan fingerprint density at radius 3 is 2.79 bits per heavy atom. The molecule has 0 unspecified atom stereocenters. The Hall–Kier alpha value is -1.47. The molecule has 7 heteroatoms. The lowest BCUT2D eigenvalue weighted by molar-refractivity contribution is 0.102. The van der Waals surface area contributed by atoms with Crippen LogP contribution < -0.4 is 5.32 Å². The number of nitrogens with zero attached hydrogens (tertiary/aromatic N) is 3. The van der Waals surface area contributed by atoms with Crippen molar-refractivity contribution in [1.29, 1.82) is 0 Å². The molecule has 0 aliphatic carbocycles. The molecule has 0 atom stereocenters. The van der Waals surface area contributed by atoms with Gasteiger partial charge < -0.3 is 0 Å². The predicted octanol–water partition coefficient (Wildman–Crippen LogP) is 4.81. The van der Waals surface area contributed by atoms with Gasteiger partial charge in [0.25, 0.3) is 5.91 Å². The van der Waals surface area contributed by atoms with Crippen molar-refractivity contribution in [3.8, 4) is 0 Å². The van der Waals surface area contributed by atoms with E-state index in [9.17, 15) is 4.79 Å². The normalized spacial score (nSPS) is 10.8. The fraction of sp³-hybridized carbons (Fsp3) is 0.529. The number of amides is 1. The van der Waals surface area contributed by atoms with Crippen molar-refractivity contribution in [1.82, 2.24) is 15.2 Å². The summed E-state index contributed by atoms with van der Waals surface area (Å²) >= 11 is 2.91. The standard InChI is InChI=1S/C17H24N4OS2/c1-3-4-5-6-7-8-11-14-20-21-17(24-14)19-15(22)13-10-9-12-18-16(13)23-2/h9-10,12H,3-8,11H2,1-2H3,(H,19,21,22). The van der Waals surface area contributed by atoms with E-state index in [0.717, 1.165) is 17.8 Å². The van der Waals surface area contributed by atoms with E-state index in [-0.39, 0.29) is 5.91 Å². The number of rotatable bonds is 10. The molecule has 2 aromatic heterocycles. The Labute approximate surface area is 151 Å². The lowest BCUT2D eigenvalue weighted by Gasteiger charge is -2.04. The molecule has 1 amide bonds. The monoisotopic (exact) mass is 364 g/mol. The molecule has 0 spiro atoms. The minimum absolute atomic E-state index is 0.185. The number of hydrogen-bond acceptors (Lipinski definition) is 6. The fourth-order valence-corrected chi connectivity index (χ4v) is 3.68. The highest BCUT2D eigenvalue weighted by atomic mass is 32.2. The van der Waals surface area contributed by atoms with Crippen LogP contribution in [0.4, 0.5) is 5.13 Å². The van der Waals surface area contributed by atoms with E-state index >= 15 is 0 Å². The second-order valence-corrected chi connectivity index (χ2v) is 7.39. The molecule has 0 bridgehead atoms. The molecular formula is C17H24N4OS2. The van der Waals surface area contributed by atoms with Gasteiger partial charge >= 0.3 is 0 Å². The summed E-state index contributed by atoms with van der Waals surface area (Å²) in [6, 6.07) is 3.53. The molecule has 0 radical (unpaired) electrons. The van der Waals surface area contributed by atoms with Crippen molar-refractivity contribution in [2.45, 2.75) is 56.9 Å². The summed E-state index contributed by atoms with van der Waals surface area (Å²) in [4.78, 5) is 16.5. The van der Waals surface area contributed by atoms with Gasteiger partial charge in [0, 0.05) is 12.6 Å². The fourth-order valence-electron chi connectivity index (χ4n) is 2.35. The molecule has 0 aliphatic heterocycles. The van der Waals surface area contributed by atoms with Gasteiger partial charge in [0.15, 0.2) is 0 Å². The van der Waals surface area contributed by atoms with Crippen LogP contribution in [0.15, 0.2) is 23.4 Å². The first kappa shape index (κ1) is 18.9. The van der Waals surface area contributed by atoms with E-state index in [1.165, 1.54) is 55.2 Å². The van der Waals surface area contributed by atoms with Gasteiger partial charge in [-0.2, -0.15) is 0 Å². The Morgan fingerprint density at radius 2 is 2.00 bits per heavy atom. The maximum Gasteiger partial charge on any atom is 0.260 e. The van der Waals surface area contributed by atoms with Crippen LogP contribution in [-0.4, -0.2) is 27.3 Å². The zero-order valence-corrected chi connectivity index (χ0v) is 15.9. The van der Waals surface area contributed by atoms with E-state index in [2.05, 4.69) is 27.4 Å². The molecule has 0 saturated carbocycles. The lowest BCUT2D eigenvalue weighted by atomic mass is 10.1. The van der Waals surface area contributed by atoms with Crippen molar-refractivity contribution in [2.24, 2.45) is 0 Å². The van der Waals surface area contributed by atoms with Crippen molar-refractivity contribution >= 4 is 34.1 Å². The first-order valence-electron chi connectivity index (χ1n) is 8.37. The van der Waals surface area contributed by atoms with E-state index < -0.39 is 0 Å². The summed E-state index contributed by atoms with van der Waals surface area (Å²) in [6.45, 7) is 2.23. The van der Waals surface area contributed by atoms with Crippen molar-refractivity contribution < 1.29 is 4.79 Å². The van der Waals surface area contributed by atoms with Gasteiger partial charge in [-0.15, -0.1) is 22.0 Å². The predicted molar refractivity (Wildman–Crippen MR) is 101 cm³/mol. The number of pyridine rings is 1. The molecular weight excluding hydrogens is 340 g/mol. The summed E-state index contributed by atoms with van der Waals surface area (Å²) in [5.41, 5.74) is 0.567. The molecule has 0 saturated heterocycles. The van der Waals surface area contributed by atoms with Crippen molar-refractivity contribution in [2.75, 3.05) is 11.6 Å². The number of aryl methyl sites for hydroxylation is 1. The van der Waals surface area contributed by atoms with Gasteiger partial charge in [-0.25, -0.2) is 4.98 Å². The quantitative estimate of drug-likeness (QED) is 0.484. The topological polar surface area (TPSA) is 67.8 Å². The molecule has 0 aromatic carbocycles. The second-order valence-electron chi connectivity index (χ2n) is 5.53. The molecule has 130 valence electrons. The number of thioether (sulfide) groups is 1. The van der Waals surface area contributed by atoms with Crippen molar-refractivity contribution in [3.63, 3.8) is 0 Å². The summed E-state index contributed by atoms with van der Waals surface area (Å²) in [5.74, 6) is -0.185. The highest BCUT2D eigenvalue weighted by Gasteiger charge is 2.14. The highest BCUT2D eigenvalue weighted by molar-refractivity contribution is 7.98. The third-order valence-electron chi connectivity index (χ3n) is 3.64. The van der Waals surface area contributed by atoms with Gasteiger partial charge in [-0.3, -0.25) is 10.1 Å². The Kier molecular flexibility index (Phi) is 8.18. The number of nitrogens with one attached hydrogen (secondary N) is 1. The van der Waals surface area contributed by atoms with Crippen LogP contribution in [0.2, 0.25) is 0 Å². The van der Waals surface area contributed by atoms with Crippen LogP contribution in [-0.2, 0) is 6.42 Å².